The van der Waals surface area contributed by atoms with Gasteiger partial charge in [-0.3, -0.25) is 25.2 Å². The quantitative estimate of drug-likeness (QED) is 0.744. The predicted molar refractivity (Wildman–Crippen MR) is 100 cm³/mol. The van der Waals surface area contributed by atoms with Gasteiger partial charge >= 0.3 is 0 Å². The molecule has 0 radical (unpaired) electrons. The van der Waals surface area contributed by atoms with Crippen molar-refractivity contribution in [3.8, 4) is 5.75 Å². The molecule has 2 unspecified atom stereocenters. The lowest BCUT2D eigenvalue weighted by molar-refractivity contribution is -0.135. The second-order valence-electron chi connectivity index (χ2n) is 6.66. The molecule has 8 nitrogen and oxygen atoms in total. The van der Waals surface area contributed by atoms with Gasteiger partial charge in [-0.1, -0.05) is 12.1 Å². The minimum Gasteiger partial charge on any atom is -0.478 e. The highest BCUT2D eigenvalue weighted by Crippen LogP contribution is 2.20. The maximum atomic E-state index is 13.6. The molecule has 3 rings (SSSR count). The number of carbonyl (C=O) groups is 3. The van der Waals surface area contributed by atoms with E-state index in [0.717, 1.165) is 12.8 Å². The van der Waals surface area contributed by atoms with Gasteiger partial charge in [0.2, 0.25) is 0 Å². The summed E-state index contributed by atoms with van der Waals surface area (Å²) in [6.07, 6.45) is 2.37. The Hall–Kier alpha value is -3.36. The molecular weight excluding hydrogens is 381 g/mol. The van der Waals surface area contributed by atoms with Crippen molar-refractivity contribution < 1.29 is 27.9 Å². The zero-order valence-corrected chi connectivity index (χ0v) is 15.9. The third-order valence-electron chi connectivity index (χ3n) is 4.62. The van der Waals surface area contributed by atoms with Gasteiger partial charge in [-0.2, -0.15) is 0 Å². The maximum absolute atomic E-state index is 13.6. The number of nitrogens with zero attached hydrogens (tertiary/aromatic N) is 1. The highest BCUT2D eigenvalue weighted by molar-refractivity contribution is 5.96. The molecule has 2 heterocycles. The monoisotopic (exact) mass is 403 g/mol. The van der Waals surface area contributed by atoms with E-state index >= 15 is 0 Å². The van der Waals surface area contributed by atoms with Crippen molar-refractivity contribution in [2.24, 2.45) is 0 Å². The molecule has 0 spiro atoms. The molecule has 2 atom stereocenters. The number of nitrogens with one attached hydrogen (secondary N) is 2. The number of piperidine rings is 1. The number of furan rings is 1. The van der Waals surface area contributed by atoms with Crippen molar-refractivity contribution in [3.63, 3.8) is 0 Å². The number of carbonyl (C=O) groups excluding carboxylic acids is 3. The summed E-state index contributed by atoms with van der Waals surface area (Å²) in [4.78, 5) is 38.8. The lowest BCUT2D eigenvalue weighted by atomic mass is 10.0. The van der Waals surface area contributed by atoms with Crippen LogP contribution in [-0.4, -0.2) is 41.3 Å². The van der Waals surface area contributed by atoms with Gasteiger partial charge < -0.3 is 14.1 Å². The topological polar surface area (TPSA) is 101 Å². The van der Waals surface area contributed by atoms with Crippen LogP contribution in [0.2, 0.25) is 0 Å². The molecule has 1 aliphatic rings. The van der Waals surface area contributed by atoms with Crippen LogP contribution in [0.5, 0.6) is 5.75 Å². The van der Waals surface area contributed by atoms with Gasteiger partial charge in [-0.05, 0) is 50.5 Å². The maximum Gasteiger partial charge on any atom is 0.290 e. The van der Waals surface area contributed by atoms with Gasteiger partial charge in [0.25, 0.3) is 17.7 Å². The first kappa shape index (κ1) is 20.4. The van der Waals surface area contributed by atoms with Gasteiger partial charge in [0.1, 0.15) is 6.04 Å². The van der Waals surface area contributed by atoms with Crippen LogP contribution in [0.1, 0.15) is 36.7 Å². The number of para-hydroxylation sites is 1. The number of amides is 3. The van der Waals surface area contributed by atoms with E-state index in [1.54, 1.807) is 12.1 Å². The van der Waals surface area contributed by atoms with Gasteiger partial charge in [-0.15, -0.1) is 0 Å². The van der Waals surface area contributed by atoms with Crippen LogP contribution in [0.4, 0.5) is 4.39 Å². The van der Waals surface area contributed by atoms with Gasteiger partial charge in [-0.25, -0.2) is 4.39 Å². The largest absolute Gasteiger partial charge is 0.478 e. The summed E-state index contributed by atoms with van der Waals surface area (Å²) in [6.45, 7) is 1.85. The molecule has 1 aromatic heterocycles. The first-order chi connectivity index (χ1) is 14.0. The van der Waals surface area contributed by atoms with E-state index in [0.29, 0.717) is 13.0 Å². The van der Waals surface area contributed by atoms with E-state index in [2.05, 4.69) is 10.9 Å². The molecule has 3 amide bonds. The Morgan fingerprint density at radius 1 is 1.17 bits per heavy atom. The molecule has 1 saturated heterocycles. The minimum absolute atomic E-state index is 0.0658. The average Bonchev–Trinajstić information content (AvgIpc) is 3.27. The SMILES string of the molecule is CC(Oc1ccccc1F)C(=O)NNC(=O)C1CCCCN1C(=O)c1ccco1. The van der Waals surface area contributed by atoms with E-state index in [9.17, 15) is 18.8 Å². The molecule has 1 fully saturated rings. The van der Waals surface area contributed by atoms with Gasteiger partial charge in [0.15, 0.2) is 23.4 Å². The molecule has 0 saturated carbocycles. The summed E-state index contributed by atoms with van der Waals surface area (Å²) in [6, 6.07) is 8.11. The Kier molecular flexibility index (Phi) is 6.48. The van der Waals surface area contributed by atoms with Crippen molar-refractivity contribution in [2.45, 2.75) is 38.3 Å². The summed E-state index contributed by atoms with van der Waals surface area (Å²) in [5.74, 6) is -2.05. The van der Waals surface area contributed by atoms with Crippen LogP contribution in [-0.2, 0) is 9.59 Å². The Morgan fingerprint density at radius 3 is 2.69 bits per heavy atom. The number of halogens is 1. The first-order valence-corrected chi connectivity index (χ1v) is 9.32. The van der Waals surface area contributed by atoms with Crippen molar-refractivity contribution in [2.75, 3.05) is 6.54 Å². The number of hydrazine groups is 1. The van der Waals surface area contributed by atoms with Crippen molar-refractivity contribution in [3.05, 3.63) is 54.2 Å². The van der Waals surface area contributed by atoms with Crippen LogP contribution >= 0.6 is 0 Å². The van der Waals surface area contributed by atoms with Gasteiger partial charge in [0, 0.05) is 6.54 Å². The second-order valence-corrected chi connectivity index (χ2v) is 6.66. The molecular formula is C20H22FN3O5. The Labute approximate surface area is 167 Å². The zero-order chi connectivity index (χ0) is 20.8. The predicted octanol–water partition coefficient (Wildman–Crippen LogP) is 2.03. The smallest absolute Gasteiger partial charge is 0.290 e. The highest BCUT2D eigenvalue weighted by Gasteiger charge is 2.34. The third kappa shape index (κ3) is 4.92. The Morgan fingerprint density at radius 2 is 1.97 bits per heavy atom. The van der Waals surface area contributed by atoms with E-state index in [1.807, 2.05) is 0 Å². The molecule has 154 valence electrons. The van der Waals surface area contributed by atoms with E-state index in [4.69, 9.17) is 9.15 Å². The van der Waals surface area contributed by atoms with Crippen LogP contribution in [0.25, 0.3) is 0 Å². The standard InChI is InChI=1S/C20H22FN3O5/c1-13(29-16-9-3-2-7-14(16)21)18(25)22-23-19(26)15-8-4-5-11-24(15)20(27)17-10-6-12-28-17/h2-3,6-7,9-10,12-13,15H,4-5,8,11H2,1H3,(H,22,25)(H,23,26). The number of likely N-dealkylation sites (tertiary alicyclic amines) is 1. The lowest BCUT2D eigenvalue weighted by Crippen LogP contribution is -2.56. The molecule has 0 aliphatic carbocycles. The summed E-state index contributed by atoms with van der Waals surface area (Å²) in [5.41, 5.74) is 4.59. The number of hydrogen-bond donors (Lipinski definition) is 2. The molecule has 1 aliphatic heterocycles. The van der Waals surface area contributed by atoms with Crippen LogP contribution < -0.4 is 15.6 Å². The Bertz CT molecular complexity index is 871. The number of ether oxygens (including phenoxy) is 1. The highest BCUT2D eigenvalue weighted by atomic mass is 19.1. The van der Waals surface area contributed by atoms with E-state index in [1.165, 1.54) is 42.4 Å². The van der Waals surface area contributed by atoms with E-state index < -0.39 is 29.8 Å². The molecule has 9 heteroatoms. The van der Waals surface area contributed by atoms with Crippen molar-refractivity contribution >= 4 is 17.7 Å². The first-order valence-electron chi connectivity index (χ1n) is 9.32. The van der Waals surface area contributed by atoms with E-state index in [-0.39, 0.29) is 17.4 Å². The zero-order valence-electron chi connectivity index (χ0n) is 15.9. The number of benzene rings is 1. The second kappa shape index (κ2) is 9.22. The number of hydrogen-bond acceptors (Lipinski definition) is 5. The van der Waals surface area contributed by atoms with Crippen molar-refractivity contribution in [1.82, 2.24) is 15.8 Å². The summed E-state index contributed by atoms with van der Waals surface area (Å²) < 4.78 is 24.0. The van der Waals surface area contributed by atoms with Crippen LogP contribution in [0, 0.1) is 5.82 Å². The summed E-state index contributed by atoms with van der Waals surface area (Å²) in [7, 11) is 0. The normalized spacial score (nSPS) is 17.3. The molecule has 1 aromatic carbocycles. The summed E-state index contributed by atoms with van der Waals surface area (Å²) >= 11 is 0. The minimum atomic E-state index is -1.04. The average molecular weight is 403 g/mol. The third-order valence-corrected chi connectivity index (χ3v) is 4.62. The fraction of sp³-hybridized carbons (Fsp3) is 0.350. The Balaban J connectivity index is 1.56. The summed E-state index contributed by atoms with van der Waals surface area (Å²) in [5, 5.41) is 0. The van der Waals surface area contributed by atoms with Crippen LogP contribution in [0.15, 0.2) is 47.1 Å². The molecule has 0 bridgehead atoms. The fourth-order valence-electron chi connectivity index (χ4n) is 3.08. The molecule has 29 heavy (non-hydrogen) atoms. The molecule has 2 aromatic rings. The lowest BCUT2D eigenvalue weighted by Gasteiger charge is -2.34. The molecule has 2 N–H and O–H groups in total. The van der Waals surface area contributed by atoms with Crippen molar-refractivity contribution in [1.29, 1.82) is 0 Å². The van der Waals surface area contributed by atoms with Gasteiger partial charge in [0.05, 0.1) is 6.26 Å². The number of rotatable bonds is 5. The fourth-order valence-corrected chi connectivity index (χ4v) is 3.08. The van der Waals surface area contributed by atoms with Crippen LogP contribution in [0.3, 0.4) is 0 Å².